The molecule has 3 rings (SSSR count). The van der Waals surface area contributed by atoms with Crippen LogP contribution < -0.4 is 0 Å². The molecule has 2 nitrogen and oxygen atoms in total. The summed E-state index contributed by atoms with van der Waals surface area (Å²) < 4.78 is 0. The summed E-state index contributed by atoms with van der Waals surface area (Å²) in [6.07, 6.45) is 5.26. The monoisotopic (exact) mass is 140 g/mol. The molecule has 3 aliphatic rings. The topological polar surface area (TPSA) is 37.3 Å². The van der Waals surface area contributed by atoms with Gasteiger partial charge in [-0.15, -0.1) is 0 Å². The molecule has 0 saturated heterocycles. The van der Waals surface area contributed by atoms with E-state index in [1.807, 2.05) is 0 Å². The predicted octanol–water partition coefficient (Wildman–Crippen LogP) is 1.65. The van der Waals surface area contributed by atoms with Gasteiger partial charge in [0.1, 0.15) is 0 Å². The van der Waals surface area contributed by atoms with Gasteiger partial charge in [-0.2, -0.15) is 0 Å². The summed E-state index contributed by atoms with van der Waals surface area (Å²) in [6.45, 7) is 0. The number of aliphatic carboxylic acids is 1. The SMILES string of the molecule is O=C(O)C12CCCC(C1)C2. The minimum atomic E-state index is -0.552. The average Bonchev–Trinajstić information content (AvgIpc) is 1.87. The van der Waals surface area contributed by atoms with Crippen molar-refractivity contribution in [2.75, 3.05) is 0 Å². The molecule has 0 aromatic rings. The van der Waals surface area contributed by atoms with Gasteiger partial charge >= 0.3 is 5.97 Å². The van der Waals surface area contributed by atoms with Crippen LogP contribution in [0.4, 0.5) is 0 Å². The molecule has 2 heteroatoms. The van der Waals surface area contributed by atoms with Crippen LogP contribution in [-0.4, -0.2) is 11.1 Å². The van der Waals surface area contributed by atoms with Crippen LogP contribution in [-0.2, 0) is 4.79 Å². The maximum atomic E-state index is 10.7. The van der Waals surface area contributed by atoms with Crippen molar-refractivity contribution in [1.29, 1.82) is 0 Å². The minimum Gasteiger partial charge on any atom is -0.481 e. The third kappa shape index (κ3) is 0.619. The Bertz CT molecular complexity index is 163. The van der Waals surface area contributed by atoms with Crippen molar-refractivity contribution >= 4 is 5.97 Å². The molecule has 0 spiro atoms. The van der Waals surface area contributed by atoms with Gasteiger partial charge in [0.25, 0.3) is 0 Å². The summed E-state index contributed by atoms with van der Waals surface area (Å²) in [4.78, 5) is 10.7. The third-order valence-electron chi connectivity index (χ3n) is 3.08. The molecule has 56 valence electrons. The fourth-order valence-corrected chi connectivity index (χ4v) is 2.46. The Hall–Kier alpha value is -0.530. The first-order valence-corrected chi connectivity index (χ1v) is 3.96. The Morgan fingerprint density at radius 3 is 2.50 bits per heavy atom. The lowest BCUT2D eigenvalue weighted by molar-refractivity contribution is -0.163. The molecule has 0 aliphatic heterocycles. The van der Waals surface area contributed by atoms with E-state index >= 15 is 0 Å². The number of carboxylic acid groups (broad SMARTS) is 1. The molecule has 10 heavy (non-hydrogen) atoms. The quantitative estimate of drug-likeness (QED) is 0.601. The van der Waals surface area contributed by atoms with Gasteiger partial charge in [-0.05, 0) is 25.2 Å². The number of fused-ring (bicyclic) bond motifs is 2. The summed E-state index contributed by atoms with van der Waals surface area (Å²) >= 11 is 0. The van der Waals surface area contributed by atoms with Crippen LogP contribution in [0.25, 0.3) is 0 Å². The summed E-state index contributed by atoms with van der Waals surface area (Å²) in [5, 5.41) is 8.84. The number of carbonyl (C=O) groups is 1. The van der Waals surface area contributed by atoms with Gasteiger partial charge < -0.3 is 5.11 Å². The van der Waals surface area contributed by atoms with E-state index in [0.717, 1.165) is 31.6 Å². The first kappa shape index (κ1) is 6.20. The van der Waals surface area contributed by atoms with Gasteiger partial charge in [-0.25, -0.2) is 0 Å². The van der Waals surface area contributed by atoms with E-state index in [2.05, 4.69) is 0 Å². The predicted molar refractivity (Wildman–Crippen MR) is 36.6 cm³/mol. The van der Waals surface area contributed by atoms with E-state index in [1.165, 1.54) is 6.42 Å². The van der Waals surface area contributed by atoms with Gasteiger partial charge in [0, 0.05) is 0 Å². The summed E-state index contributed by atoms with van der Waals surface area (Å²) in [5.74, 6) is 0.202. The van der Waals surface area contributed by atoms with Crippen LogP contribution >= 0.6 is 0 Å². The standard InChI is InChI=1S/C8H12O2/c9-7(10)8-3-1-2-6(4-8)5-8/h6H,1-5H2,(H,9,10). The van der Waals surface area contributed by atoms with E-state index in [0.29, 0.717) is 0 Å². The van der Waals surface area contributed by atoms with Gasteiger partial charge in [-0.1, -0.05) is 12.8 Å². The van der Waals surface area contributed by atoms with Crippen LogP contribution in [0.1, 0.15) is 32.1 Å². The Balaban J connectivity index is 2.12. The lowest BCUT2D eigenvalue weighted by Gasteiger charge is -2.49. The molecule has 0 unspecified atom stereocenters. The second kappa shape index (κ2) is 1.74. The van der Waals surface area contributed by atoms with E-state index in [4.69, 9.17) is 5.11 Å². The highest BCUT2D eigenvalue weighted by atomic mass is 16.4. The molecule has 0 aromatic carbocycles. The maximum Gasteiger partial charge on any atom is 0.309 e. The van der Waals surface area contributed by atoms with Crippen molar-refractivity contribution in [3.05, 3.63) is 0 Å². The van der Waals surface area contributed by atoms with Gasteiger partial charge in [0.05, 0.1) is 5.41 Å². The van der Waals surface area contributed by atoms with Crippen molar-refractivity contribution in [2.24, 2.45) is 11.3 Å². The van der Waals surface area contributed by atoms with Crippen molar-refractivity contribution in [3.63, 3.8) is 0 Å². The second-order valence-corrected chi connectivity index (χ2v) is 3.75. The summed E-state index contributed by atoms with van der Waals surface area (Å²) in [5.41, 5.74) is -0.261. The van der Waals surface area contributed by atoms with E-state index in [-0.39, 0.29) is 5.41 Å². The molecule has 3 saturated carbocycles. The maximum absolute atomic E-state index is 10.7. The first-order valence-electron chi connectivity index (χ1n) is 3.96. The largest absolute Gasteiger partial charge is 0.481 e. The Morgan fingerprint density at radius 2 is 2.20 bits per heavy atom. The minimum absolute atomic E-state index is 0.261. The second-order valence-electron chi connectivity index (χ2n) is 3.75. The third-order valence-corrected chi connectivity index (χ3v) is 3.08. The molecule has 0 heterocycles. The fourth-order valence-electron chi connectivity index (χ4n) is 2.46. The number of rotatable bonds is 1. The molecule has 1 N–H and O–H groups in total. The zero-order valence-electron chi connectivity index (χ0n) is 5.97. The van der Waals surface area contributed by atoms with Crippen LogP contribution in [0.15, 0.2) is 0 Å². The molecule has 3 fully saturated rings. The van der Waals surface area contributed by atoms with Crippen molar-refractivity contribution in [2.45, 2.75) is 32.1 Å². The molecule has 0 atom stereocenters. The number of hydrogen-bond donors (Lipinski definition) is 1. The molecular formula is C8H12O2. The van der Waals surface area contributed by atoms with Gasteiger partial charge in [0.2, 0.25) is 0 Å². The van der Waals surface area contributed by atoms with Crippen LogP contribution in [0, 0.1) is 11.3 Å². The van der Waals surface area contributed by atoms with Crippen LogP contribution in [0.2, 0.25) is 0 Å². The highest BCUT2D eigenvalue weighted by Crippen LogP contribution is 2.55. The highest BCUT2D eigenvalue weighted by Gasteiger charge is 2.52. The van der Waals surface area contributed by atoms with E-state index in [1.54, 1.807) is 0 Å². The zero-order chi connectivity index (χ0) is 7.19. The lowest BCUT2D eigenvalue weighted by Crippen LogP contribution is -2.47. The van der Waals surface area contributed by atoms with Crippen molar-refractivity contribution < 1.29 is 9.90 Å². The van der Waals surface area contributed by atoms with Crippen molar-refractivity contribution in [3.8, 4) is 0 Å². The lowest BCUT2D eigenvalue weighted by atomic mass is 9.54. The number of carboxylic acids is 1. The van der Waals surface area contributed by atoms with E-state index < -0.39 is 5.97 Å². The Kier molecular flexibility index (Phi) is 1.08. The molecule has 2 bridgehead atoms. The molecule has 0 aromatic heterocycles. The normalized spacial score (nSPS) is 44.2. The van der Waals surface area contributed by atoms with Crippen molar-refractivity contribution in [1.82, 2.24) is 0 Å². The smallest absolute Gasteiger partial charge is 0.309 e. The molecular weight excluding hydrogens is 128 g/mol. The first-order chi connectivity index (χ1) is 4.73. The highest BCUT2D eigenvalue weighted by molar-refractivity contribution is 5.76. The van der Waals surface area contributed by atoms with Crippen LogP contribution in [0.3, 0.4) is 0 Å². The summed E-state index contributed by atoms with van der Waals surface area (Å²) in [6, 6.07) is 0. The van der Waals surface area contributed by atoms with Gasteiger partial charge in [0.15, 0.2) is 0 Å². The number of hydrogen-bond acceptors (Lipinski definition) is 1. The Labute approximate surface area is 60.2 Å². The Morgan fingerprint density at radius 1 is 1.50 bits per heavy atom. The summed E-state index contributed by atoms with van der Waals surface area (Å²) in [7, 11) is 0. The van der Waals surface area contributed by atoms with E-state index in [9.17, 15) is 4.79 Å². The molecule has 0 amide bonds. The fraction of sp³-hybridized carbons (Fsp3) is 0.875. The zero-order valence-corrected chi connectivity index (χ0v) is 5.97. The van der Waals surface area contributed by atoms with Gasteiger partial charge in [-0.3, -0.25) is 4.79 Å². The molecule has 0 radical (unpaired) electrons. The van der Waals surface area contributed by atoms with Crippen LogP contribution in [0.5, 0.6) is 0 Å². The molecule has 3 aliphatic carbocycles. The average molecular weight is 140 g/mol.